The highest BCUT2D eigenvalue weighted by molar-refractivity contribution is 5.79. The van der Waals surface area contributed by atoms with Crippen LogP contribution < -0.4 is 5.32 Å². The van der Waals surface area contributed by atoms with Crippen molar-refractivity contribution in [2.24, 2.45) is 5.41 Å². The zero-order chi connectivity index (χ0) is 15.5. The minimum absolute atomic E-state index is 0.0739. The zero-order valence-corrected chi connectivity index (χ0v) is 11.3. The van der Waals surface area contributed by atoms with Gasteiger partial charge >= 0.3 is 11.8 Å². The number of carbonyl (C=O) groups excluding carboxylic acids is 1. The molecule has 1 fully saturated rings. The zero-order valence-electron chi connectivity index (χ0n) is 11.3. The highest BCUT2D eigenvalue weighted by atomic mass is 16.6. The first-order chi connectivity index (χ1) is 9.93. The van der Waals surface area contributed by atoms with E-state index in [9.17, 15) is 24.8 Å². The van der Waals surface area contributed by atoms with Crippen molar-refractivity contribution in [3.63, 3.8) is 0 Å². The van der Waals surface area contributed by atoms with Gasteiger partial charge in [-0.05, 0) is 17.8 Å². The van der Waals surface area contributed by atoms with E-state index in [0.717, 1.165) is 17.5 Å². The molecule has 0 atom stereocenters. The molecule has 114 valence electrons. The Hall–Kier alpha value is -2.45. The summed E-state index contributed by atoms with van der Waals surface area (Å²) >= 11 is 0. The predicted molar refractivity (Wildman–Crippen MR) is 70.4 cm³/mol. The van der Waals surface area contributed by atoms with Gasteiger partial charge in [0.15, 0.2) is 0 Å². The number of nitrogens with one attached hydrogen (secondary N) is 1. The predicted octanol–water partition coefficient (Wildman–Crippen LogP) is 0.552. The first kappa shape index (κ1) is 14.9. The quantitative estimate of drug-likeness (QED) is 0.583. The Morgan fingerprint density at radius 3 is 2.67 bits per heavy atom. The fraction of sp³-hybridized carbons (Fsp3) is 0.583. The Morgan fingerprint density at radius 1 is 1.48 bits per heavy atom. The van der Waals surface area contributed by atoms with Crippen LogP contribution in [-0.2, 0) is 16.1 Å². The van der Waals surface area contributed by atoms with Gasteiger partial charge in [0, 0.05) is 6.54 Å². The second kappa shape index (κ2) is 5.90. The molecular formula is C12H16N4O5. The molecule has 0 aliphatic heterocycles. The van der Waals surface area contributed by atoms with Crippen molar-refractivity contribution >= 4 is 17.7 Å². The molecule has 0 saturated heterocycles. The number of aromatic nitrogens is 2. The Kier molecular flexibility index (Phi) is 4.20. The lowest BCUT2D eigenvalue weighted by molar-refractivity contribution is -0.389. The van der Waals surface area contributed by atoms with E-state index >= 15 is 0 Å². The van der Waals surface area contributed by atoms with Crippen LogP contribution in [0.4, 0.5) is 5.82 Å². The van der Waals surface area contributed by atoms with Crippen LogP contribution in [0.15, 0.2) is 12.3 Å². The third-order valence-electron chi connectivity index (χ3n) is 3.76. The van der Waals surface area contributed by atoms with Crippen molar-refractivity contribution < 1.29 is 19.6 Å². The molecule has 2 rings (SSSR count). The molecule has 21 heavy (non-hydrogen) atoms. The molecule has 9 heteroatoms. The lowest BCUT2D eigenvalue weighted by Crippen LogP contribution is -2.42. The molecule has 0 bridgehead atoms. The first-order valence-corrected chi connectivity index (χ1v) is 6.61. The largest absolute Gasteiger partial charge is 0.481 e. The van der Waals surface area contributed by atoms with Crippen LogP contribution in [0.2, 0.25) is 0 Å². The fourth-order valence-corrected chi connectivity index (χ4v) is 2.53. The molecule has 2 N–H and O–H groups in total. The summed E-state index contributed by atoms with van der Waals surface area (Å²) in [6.07, 6.45) is 4.12. The second-order valence-corrected chi connectivity index (χ2v) is 5.20. The molecule has 0 spiro atoms. The number of carboxylic acids is 1. The number of nitrogens with zero attached hydrogens (tertiary/aromatic N) is 3. The molecule has 0 unspecified atom stereocenters. The van der Waals surface area contributed by atoms with Gasteiger partial charge in [-0.15, -0.1) is 0 Å². The average Bonchev–Trinajstić information content (AvgIpc) is 3.05. The van der Waals surface area contributed by atoms with Gasteiger partial charge in [0.05, 0.1) is 22.8 Å². The van der Waals surface area contributed by atoms with Gasteiger partial charge in [-0.25, -0.2) is 0 Å². The van der Waals surface area contributed by atoms with E-state index in [1.165, 1.54) is 12.3 Å². The number of aliphatic carboxylic acids is 1. The third-order valence-corrected chi connectivity index (χ3v) is 3.76. The summed E-state index contributed by atoms with van der Waals surface area (Å²) in [4.78, 5) is 32.9. The molecule has 1 heterocycles. The van der Waals surface area contributed by atoms with Crippen LogP contribution >= 0.6 is 0 Å². The number of carboxylic acid groups (broad SMARTS) is 1. The van der Waals surface area contributed by atoms with E-state index in [4.69, 9.17) is 0 Å². The number of amides is 1. The van der Waals surface area contributed by atoms with E-state index in [2.05, 4.69) is 10.4 Å². The smallest absolute Gasteiger partial charge is 0.389 e. The average molecular weight is 296 g/mol. The van der Waals surface area contributed by atoms with E-state index in [0.29, 0.717) is 12.8 Å². The van der Waals surface area contributed by atoms with E-state index in [1.807, 2.05) is 0 Å². The maximum Gasteiger partial charge on any atom is 0.389 e. The van der Waals surface area contributed by atoms with E-state index in [1.54, 1.807) is 0 Å². The molecular weight excluding hydrogens is 280 g/mol. The number of carbonyl (C=O) groups is 2. The maximum atomic E-state index is 11.8. The van der Waals surface area contributed by atoms with Gasteiger partial charge < -0.3 is 20.5 Å². The standard InChI is InChI=1S/C12H16N4O5/c17-10(7-15-6-3-9(14-15)16(20)21)13-8-12(11(18)19)4-1-2-5-12/h3,6H,1-2,4-5,7-8H2,(H,13,17)(H,18,19). The summed E-state index contributed by atoms with van der Waals surface area (Å²) in [5.74, 6) is -1.64. The molecule has 1 amide bonds. The molecule has 1 saturated carbocycles. The molecule has 0 aromatic carbocycles. The van der Waals surface area contributed by atoms with E-state index < -0.39 is 22.2 Å². The lowest BCUT2D eigenvalue weighted by atomic mass is 9.86. The summed E-state index contributed by atoms with van der Waals surface area (Å²) in [7, 11) is 0. The van der Waals surface area contributed by atoms with Crippen LogP contribution in [0, 0.1) is 15.5 Å². The Bertz CT molecular complexity index is 562. The molecule has 1 aromatic rings. The lowest BCUT2D eigenvalue weighted by Gasteiger charge is -2.23. The number of nitro groups is 1. The number of hydrogen-bond acceptors (Lipinski definition) is 5. The van der Waals surface area contributed by atoms with Crippen molar-refractivity contribution in [2.75, 3.05) is 6.54 Å². The Labute approximate surface area is 120 Å². The van der Waals surface area contributed by atoms with Crippen molar-refractivity contribution in [3.05, 3.63) is 22.4 Å². The summed E-state index contributed by atoms with van der Waals surface area (Å²) < 4.78 is 1.15. The van der Waals surface area contributed by atoms with Crippen LogP contribution in [0.3, 0.4) is 0 Å². The van der Waals surface area contributed by atoms with Crippen LogP contribution in [-0.4, -0.2) is 38.2 Å². The minimum atomic E-state index is -0.893. The highest BCUT2D eigenvalue weighted by Gasteiger charge is 2.41. The maximum absolute atomic E-state index is 11.8. The van der Waals surface area contributed by atoms with Crippen molar-refractivity contribution in [3.8, 4) is 0 Å². The molecule has 0 radical (unpaired) electrons. The Morgan fingerprint density at radius 2 is 2.14 bits per heavy atom. The monoisotopic (exact) mass is 296 g/mol. The van der Waals surface area contributed by atoms with Crippen molar-refractivity contribution in [2.45, 2.75) is 32.2 Å². The molecule has 1 aliphatic carbocycles. The fourth-order valence-electron chi connectivity index (χ4n) is 2.53. The number of hydrogen-bond donors (Lipinski definition) is 2. The van der Waals surface area contributed by atoms with Gasteiger partial charge in [0.1, 0.15) is 6.54 Å². The summed E-state index contributed by atoms with van der Waals surface area (Å²) in [5.41, 5.74) is -0.883. The summed E-state index contributed by atoms with van der Waals surface area (Å²) in [6, 6.07) is 1.20. The molecule has 1 aromatic heterocycles. The van der Waals surface area contributed by atoms with Gasteiger partial charge in [-0.2, -0.15) is 4.68 Å². The summed E-state index contributed by atoms with van der Waals surface area (Å²) in [5, 5.41) is 26.0. The number of rotatable bonds is 6. The van der Waals surface area contributed by atoms with Gasteiger partial charge in [-0.1, -0.05) is 12.8 Å². The van der Waals surface area contributed by atoms with Crippen LogP contribution in [0.25, 0.3) is 0 Å². The van der Waals surface area contributed by atoms with Gasteiger partial charge in [0.2, 0.25) is 5.91 Å². The normalized spacial score (nSPS) is 16.6. The second-order valence-electron chi connectivity index (χ2n) is 5.20. The summed E-state index contributed by atoms with van der Waals surface area (Å²) in [6.45, 7) is -0.103. The molecule has 9 nitrogen and oxygen atoms in total. The molecule has 1 aliphatic rings. The first-order valence-electron chi connectivity index (χ1n) is 6.61. The van der Waals surface area contributed by atoms with Crippen molar-refractivity contribution in [1.29, 1.82) is 0 Å². The Balaban J connectivity index is 1.89. The topological polar surface area (TPSA) is 127 Å². The van der Waals surface area contributed by atoms with Crippen molar-refractivity contribution in [1.82, 2.24) is 15.1 Å². The van der Waals surface area contributed by atoms with Crippen LogP contribution in [0.1, 0.15) is 25.7 Å². The van der Waals surface area contributed by atoms with Gasteiger partial charge in [0.25, 0.3) is 0 Å². The SMILES string of the molecule is O=C(Cn1ccc([N+](=O)[O-])n1)NCC1(C(=O)O)CCCC1. The minimum Gasteiger partial charge on any atom is -0.481 e. The highest BCUT2D eigenvalue weighted by Crippen LogP contribution is 2.37. The van der Waals surface area contributed by atoms with E-state index in [-0.39, 0.29) is 18.9 Å². The van der Waals surface area contributed by atoms with Gasteiger partial charge in [-0.3, -0.25) is 9.59 Å². The van der Waals surface area contributed by atoms with Crippen LogP contribution in [0.5, 0.6) is 0 Å². The third kappa shape index (κ3) is 3.36.